The van der Waals surface area contributed by atoms with Crippen molar-refractivity contribution in [2.24, 2.45) is 23.7 Å². The lowest BCUT2D eigenvalue weighted by Crippen LogP contribution is -2.29. The lowest BCUT2D eigenvalue weighted by Gasteiger charge is -2.25. The van der Waals surface area contributed by atoms with Crippen LogP contribution in [0.2, 0.25) is 0 Å². The van der Waals surface area contributed by atoms with Crippen molar-refractivity contribution in [2.75, 3.05) is 0 Å². The van der Waals surface area contributed by atoms with E-state index in [1.807, 2.05) is 19.9 Å². The summed E-state index contributed by atoms with van der Waals surface area (Å²) in [5, 5.41) is 9.97. The van der Waals surface area contributed by atoms with Gasteiger partial charge in [0.1, 0.15) is 6.10 Å². The number of hydrogen-bond donors (Lipinski definition) is 1. The molecule has 3 saturated heterocycles. The van der Waals surface area contributed by atoms with Gasteiger partial charge in [-0.05, 0) is 44.9 Å². The molecule has 3 aliphatic heterocycles. The molecule has 0 saturated carbocycles. The Bertz CT molecular complexity index is 550. The summed E-state index contributed by atoms with van der Waals surface area (Å²) in [6.45, 7) is 20.8. The van der Waals surface area contributed by atoms with Crippen molar-refractivity contribution in [1.82, 2.24) is 0 Å². The molecule has 10 atom stereocenters. The standard InChI is InChI=1S/C13H24O3.C13H24O2/c1-6-8(2)7-10-9(3)11-12(14-10)16-13(4,5)15-11;1-5-7-11-13(14)10(4)12(15-11)8-9(3)6-2/h8-12H,6-7H2,1-5H3;5,9-14H,1,6-8H2,2-4H3/t8-,9+,10-,11-,12-;9-,10+,11+,12-,13-/m11/s1. The van der Waals surface area contributed by atoms with E-state index in [1.54, 1.807) is 0 Å². The fourth-order valence-corrected chi connectivity index (χ4v) is 4.74. The first-order valence-corrected chi connectivity index (χ1v) is 12.5. The van der Waals surface area contributed by atoms with Crippen molar-refractivity contribution >= 4 is 0 Å². The average molecular weight is 441 g/mol. The van der Waals surface area contributed by atoms with Gasteiger partial charge >= 0.3 is 0 Å². The molecular formula is C26H48O5. The third kappa shape index (κ3) is 7.01. The summed E-state index contributed by atoms with van der Waals surface area (Å²) in [5.74, 6) is 1.58. The Hall–Kier alpha value is -0.460. The van der Waals surface area contributed by atoms with Gasteiger partial charge in [-0.2, -0.15) is 0 Å². The summed E-state index contributed by atoms with van der Waals surface area (Å²) in [4.78, 5) is 0. The van der Waals surface area contributed by atoms with E-state index in [1.165, 1.54) is 12.8 Å². The molecule has 0 bridgehead atoms. The van der Waals surface area contributed by atoms with Crippen LogP contribution in [0.15, 0.2) is 12.7 Å². The van der Waals surface area contributed by atoms with Gasteiger partial charge in [0.05, 0.1) is 24.4 Å². The van der Waals surface area contributed by atoms with E-state index in [2.05, 4.69) is 48.1 Å². The second-order valence-electron chi connectivity index (χ2n) is 10.6. The molecule has 5 nitrogen and oxygen atoms in total. The quantitative estimate of drug-likeness (QED) is 0.491. The first-order valence-electron chi connectivity index (χ1n) is 12.5. The van der Waals surface area contributed by atoms with E-state index in [-0.39, 0.29) is 36.6 Å². The second kappa shape index (κ2) is 11.6. The van der Waals surface area contributed by atoms with Gasteiger partial charge in [0.15, 0.2) is 12.1 Å². The minimum atomic E-state index is -0.481. The Kier molecular flexibility index (Phi) is 10.0. The first-order chi connectivity index (χ1) is 14.5. The van der Waals surface area contributed by atoms with Crippen LogP contribution >= 0.6 is 0 Å². The summed E-state index contributed by atoms with van der Waals surface area (Å²) >= 11 is 0. The number of fused-ring (bicyclic) bond motifs is 1. The molecule has 1 N–H and O–H groups in total. The van der Waals surface area contributed by atoms with Crippen LogP contribution in [0.3, 0.4) is 0 Å². The fraction of sp³-hybridized carbons (Fsp3) is 0.923. The van der Waals surface area contributed by atoms with Crippen molar-refractivity contribution in [2.45, 2.75) is 130 Å². The van der Waals surface area contributed by atoms with Gasteiger partial charge in [-0.15, -0.1) is 6.58 Å². The van der Waals surface area contributed by atoms with E-state index in [4.69, 9.17) is 18.9 Å². The maximum atomic E-state index is 9.97. The summed E-state index contributed by atoms with van der Waals surface area (Å²) in [5.41, 5.74) is 0. The minimum Gasteiger partial charge on any atom is -0.390 e. The molecule has 3 rings (SSSR count). The van der Waals surface area contributed by atoms with Gasteiger partial charge in [0.2, 0.25) is 0 Å². The first kappa shape index (κ1) is 26.8. The van der Waals surface area contributed by atoms with E-state index in [0.29, 0.717) is 23.9 Å². The molecule has 182 valence electrons. The molecule has 0 aliphatic carbocycles. The number of aliphatic hydroxyl groups is 1. The Balaban J connectivity index is 0.000000221. The molecule has 31 heavy (non-hydrogen) atoms. The van der Waals surface area contributed by atoms with Crippen molar-refractivity contribution in [3.63, 3.8) is 0 Å². The van der Waals surface area contributed by atoms with Gasteiger partial charge in [0.25, 0.3) is 0 Å². The molecule has 0 amide bonds. The largest absolute Gasteiger partial charge is 0.390 e. The monoisotopic (exact) mass is 440 g/mol. The summed E-state index contributed by atoms with van der Waals surface area (Å²) in [7, 11) is 0. The van der Waals surface area contributed by atoms with Gasteiger partial charge < -0.3 is 24.1 Å². The predicted molar refractivity (Wildman–Crippen MR) is 125 cm³/mol. The highest BCUT2D eigenvalue weighted by Crippen LogP contribution is 2.42. The average Bonchev–Trinajstić information content (AvgIpc) is 3.27. The Morgan fingerprint density at radius 2 is 1.45 bits per heavy atom. The molecular weight excluding hydrogens is 392 g/mol. The van der Waals surface area contributed by atoms with Crippen LogP contribution in [-0.2, 0) is 18.9 Å². The second-order valence-corrected chi connectivity index (χ2v) is 10.6. The normalized spacial score (nSPS) is 40.7. The molecule has 0 aromatic carbocycles. The highest BCUT2D eigenvalue weighted by Gasteiger charge is 2.52. The van der Waals surface area contributed by atoms with Crippen LogP contribution in [0.4, 0.5) is 0 Å². The van der Waals surface area contributed by atoms with Crippen LogP contribution < -0.4 is 0 Å². The van der Waals surface area contributed by atoms with E-state index >= 15 is 0 Å². The van der Waals surface area contributed by atoms with Gasteiger partial charge in [-0.1, -0.05) is 60.5 Å². The van der Waals surface area contributed by atoms with Crippen LogP contribution in [0.5, 0.6) is 0 Å². The van der Waals surface area contributed by atoms with Crippen molar-refractivity contribution in [3.05, 3.63) is 12.7 Å². The van der Waals surface area contributed by atoms with Crippen LogP contribution in [0, 0.1) is 23.7 Å². The summed E-state index contributed by atoms with van der Waals surface area (Å²) in [6.07, 6.45) is 7.24. The highest BCUT2D eigenvalue weighted by atomic mass is 16.8. The Labute approximate surface area is 190 Å². The lowest BCUT2D eigenvalue weighted by molar-refractivity contribution is -0.210. The molecule has 0 unspecified atom stereocenters. The van der Waals surface area contributed by atoms with Gasteiger partial charge in [-0.25, -0.2) is 0 Å². The van der Waals surface area contributed by atoms with E-state index in [9.17, 15) is 5.11 Å². The van der Waals surface area contributed by atoms with Gasteiger partial charge in [-0.3, -0.25) is 0 Å². The van der Waals surface area contributed by atoms with Crippen LogP contribution in [0.25, 0.3) is 0 Å². The summed E-state index contributed by atoms with van der Waals surface area (Å²) in [6, 6.07) is 0. The fourth-order valence-electron chi connectivity index (χ4n) is 4.74. The van der Waals surface area contributed by atoms with Crippen LogP contribution in [-0.4, -0.2) is 47.7 Å². The van der Waals surface area contributed by atoms with E-state index < -0.39 is 5.79 Å². The molecule has 0 radical (unpaired) electrons. The van der Waals surface area contributed by atoms with Crippen molar-refractivity contribution < 1.29 is 24.1 Å². The van der Waals surface area contributed by atoms with E-state index in [0.717, 1.165) is 19.3 Å². The number of rotatable bonds is 8. The molecule has 5 heteroatoms. The zero-order valence-corrected chi connectivity index (χ0v) is 21.2. The minimum absolute atomic E-state index is 0.0356. The molecule has 3 fully saturated rings. The Morgan fingerprint density at radius 1 is 0.903 bits per heavy atom. The molecule has 0 aromatic rings. The third-order valence-electron chi connectivity index (χ3n) is 7.42. The van der Waals surface area contributed by atoms with Crippen molar-refractivity contribution in [3.8, 4) is 0 Å². The highest BCUT2D eigenvalue weighted by molar-refractivity contribution is 4.92. The predicted octanol–water partition coefficient (Wildman–Crippen LogP) is 5.70. The number of ether oxygens (including phenoxy) is 4. The maximum Gasteiger partial charge on any atom is 0.187 e. The number of hydrogen-bond acceptors (Lipinski definition) is 5. The lowest BCUT2D eigenvalue weighted by atomic mass is 9.91. The number of aliphatic hydroxyl groups excluding tert-OH is 1. The van der Waals surface area contributed by atoms with Crippen molar-refractivity contribution in [1.29, 1.82) is 0 Å². The molecule has 3 heterocycles. The Morgan fingerprint density at radius 3 is 1.94 bits per heavy atom. The zero-order chi connectivity index (χ0) is 23.3. The smallest absolute Gasteiger partial charge is 0.187 e. The van der Waals surface area contributed by atoms with Crippen LogP contribution in [0.1, 0.15) is 87.5 Å². The SMILES string of the molecule is C=CC[C@@H]1O[C@H](C[C@H](C)CC)[C@H](C)[C@H]1O.CC[C@@H](C)C[C@H]1O[C@@H]2OC(C)(C)O[C@@H]2[C@H]1C. The molecule has 0 aromatic heterocycles. The zero-order valence-electron chi connectivity index (χ0n) is 21.2. The summed E-state index contributed by atoms with van der Waals surface area (Å²) < 4.78 is 23.5. The molecule has 0 spiro atoms. The molecule has 3 aliphatic rings. The third-order valence-corrected chi connectivity index (χ3v) is 7.42. The van der Waals surface area contributed by atoms with Gasteiger partial charge in [0, 0.05) is 11.8 Å². The maximum absolute atomic E-state index is 9.97. The topological polar surface area (TPSA) is 57.2 Å².